The molecule has 140 valence electrons. The van der Waals surface area contributed by atoms with Gasteiger partial charge < -0.3 is 10.1 Å². The van der Waals surface area contributed by atoms with Crippen LogP contribution in [-0.4, -0.2) is 12.5 Å². The van der Waals surface area contributed by atoms with Gasteiger partial charge in [0.05, 0.1) is 0 Å². The molecule has 26 heavy (non-hydrogen) atoms. The van der Waals surface area contributed by atoms with Crippen LogP contribution in [-0.2, 0) is 4.79 Å². The quantitative estimate of drug-likeness (QED) is 0.595. The van der Waals surface area contributed by atoms with Crippen molar-refractivity contribution in [3.63, 3.8) is 0 Å². The van der Waals surface area contributed by atoms with Crippen LogP contribution < -0.4 is 10.1 Å². The van der Waals surface area contributed by atoms with Crippen LogP contribution in [0.25, 0.3) is 0 Å². The number of halogens is 1. The summed E-state index contributed by atoms with van der Waals surface area (Å²) in [5.41, 5.74) is 5.25. The van der Waals surface area contributed by atoms with Crippen molar-refractivity contribution in [3.8, 4) is 5.75 Å². The minimum Gasteiger partial charge on any atom is -0.483 e. The lowest BCUT2D eigenvalue weighted by atomic mass is 9.92. The topological polar surface area (TPSA) is 38.3 Å². The Kier molecular flexibility index (Phi) is 6.87. The first-order valence-electron chi connectivity index (χ1n) is 9.02. The van der Waals surface area contributed by atoms with Crippen LogP contribution in [0.1, 0.15) is 61.8 Å². The van der Waals surface area contributed by atoms with Gasteiger partial charge in [0.2, 0.25) is 0 Å². The zero-order chi connectivity index (χ0) is 19.4. The lowest BCUT2D eigenvalue weighted by molar-refractivity contribution is -0.118. The molecule has 0 saturated carbocycles. The van der Waals surface area contributed by atoms with E-state index in [1.165, 1.54) is 0 Å². The summed E-state index contributed by atoms with van der Waals surface area (Å²) in [7, 11) is 0. The molecule has 0 aliphatic heterocycles. The number of benzene rings is 2. The molecule has 1 N–H and O–H groups in total. The van der Waals surface area contributed by atoms with E-state index in [2.05, 4.69) is 67.1 Å². The Morgan fingerprint density at radius 1 is 1.04 bits per heavy atom. The van der Waals surface area contributed by atoms with Crippen molar-refractivity contribution in [1.29, 1.82) is 0 Å². The van der Waals surface area contributed by atoms with Crippen LogP contribution in [0.3, 0.4) is 0 Å². The van der Waals surface area contributed by atoms with Crippen molar-refractivity contribution in [1.82, 2.24) is 0 Å². The Morgan fingerprint density at radius 2 is 1.54 bits per heavy atom. The molecular formula is C22H28BrNO2. The number of hydrogen-bond acceptors (Lipinski definition) is 2. The first-order chi connectivity index (χ1) is 12.2. The molecule has 4 heteroatoms. The van der Waals surface area contributed by atoms with Crippen molar-refractivity contribution < 1.29 is 9.53 Å². The van der Waals surface area contributed by atoms with E-state index in [0.29, 0.717) is 11.8 Å². The molecule has 0 saturated heterocycles. The predicted molar refractivity (Wildman–Crippen MR) is 112 cm³/mol. The summed E-state index contributed by atoms with van der Waals surface area (Å²) in [5.74, 6) is 1.30. The molecule has 0 unspecified atom stereocenters. The van der Waals surface area contributed by atoms with Gasteiger partial charge >= 0.3 is 0 Å². The van der Waals surface area contributed by atoms with Crippen molar-refractivity contribution in [2.45, 2.75) is 53.4 Å². The molecule has 0 bridgehead atoms. The van der Waals surface area contributed by atoms with Crippen LogP contribution in [0.4, 0.5) is 5.69 Å². The summed E-state index contributed by atoms with van der Waals surface area (Å²) in [5, 5.41) is 3.09. The molecule has 2 aromatic carbocycles. The largest absolute Gasteiger partial charge is 0.483 e. The number of carbonyl (C=O) groups excluding carboxylic acids is 1. The fourth-order valence-corrected chi connectivity index (χ4v) is 3.82. The Bertz CT molecular complexity index is 747. The molecule has 0 fully saturated rings. The van der Waals surface area contributed by atoms with Crippen LogP contribution >= 0.6 is 15.9 Å². The highest BCUT2D eigenvalue weighted by molar-refractivity contribution is 9.10. The van der Waals surface area contributed by atoms with E-state index in [0.717, 1.165) is 38.2 Å². The number of ether oxygens (including phenoxy) is 1. The van der Waals surface area contributed by atoms with Gasteiger partial charge in [0.25, 0.3) is 5.91 Å². The van der Waals surface area contributed by atoms with Crippen molar-refractivity contribution in [3.05, 3.63) is 57.1 Å². The summed E-state index contributed by atoms with van der Waals surface area (Å²) in [6, 6.07) is 10.2. The van der Waals surface area contributed by atoms with Gasteiger partial charge in [-0.15, -0.1) is 0 Å². The lowest BCUT2D eigenvalue weighted by Gasteiger charge is -2.20. The molecule has 0 atom stereocenters. The molecule has 2 rings (SSSR count). The zero-order valence-corrected chi connectivity index (χ0v) is 18.0. The van der Waals surface area contributed by atoms with Crippen molar-refractivity contribution in [2.24, 2.45) is 0 Å². The second-order valence-electron chi connectivity index (χ2n) is 7.33. The molecular weight excluding hydrogens is 390 g/mol. The third-order valence-corrected chi connectivity index (χ3v) is 4.87. The summed E-state index contributed by atoms with van der Waals surface area (Å²) in [4.78, 5) is 12.6. The smallest absolute Gasteiger partial charge is 0.262 e. The maximum Gasteiger partial charge on any atom is 0.262 e. The first-order valence-corrected chi connectivity index (χ1v) is 9.82. The number of hydrogen-bond donors (Lipinski definition) is 1. The summed E-state index contributed by atoms with van der Waals surface area (Å²) >= 11 is 3.48. The SMILES string of the molecule is Cc1cc(Br)cc(C)c1OCC(=O)Nc1c(C(C)C)cccc1C(C)C. The number of anilines is 1. The molecule has 0 radical (unpaired) electrons. The normalized spacial score (nSPS) is 11.1. The Morgan fingerprint density at radius 3 is 2.00 bits per heavy atom. The van der Waals surface area contributed by atoms with Crippen molar-refractivity contribution >= 4 is 27.5 Å². The van der Waals surface area contributed by atoms with Gasteiger partial charge in [-0.3, -0.25) is 4.79 Å². The third kappa shape index (κ3) is 4.88. The number of rotatable bonds is 6. The molecule has 0 aliphatic rings. The van der Waals surface area contributed by atoms with E-state index in [4.69, 9.17) is 4.74 Å². The molecule has 0 aliphatic carbocycles. The first kappa shape index (κ1) is 20.5. The molecule has 2 aromatic rings. The summed E-state index contributed by atoms with van der Waals surface area (Å²) in [6.07, 6.45) is 0. The second-order valence-corrected chi connectivity index (χ2v) is 8.24. The Hall–Kier alpha value is -1.81. The highest BCUT2D eigenvalue weighted by Crippen LogP contribution is 2.32. The van der Waals surface area contributed by atoms with Crippen molar-refractivity contribution in [2.75, 3.05) is 11.9 Å². The fraction of sp³-hybridized carbons (Fsp3) is 0.409. The molecule has 1 amide bonds. The number of aryl methyl sites for hydroxylation is 2. The highest BCUT2D eigenvalue weighted by atomic mass is 79.9. The van der Waals surface area contributed by atoms with E-state index in [-0.39, 0.29) is 12.5 Å². The van der Waals surface area contributed by atoms with Gasteiger partial charge in [-0.25, -0.2) is 0 Å². The summed E-state index contributed by atoms with van der Waals surface area (Å²) < 4.78 is 6.84. The third-order valence-electron chi connectivity index (χ3n) is 4.41. The van der Waals surface area contributed by atoms with Gasteiger partial charge in [0, 0.05) is 10.2 Å². The Labute approximate surface area is 165 Å². The minimum absolute atomic E-state index is 0.00667. The molecule has 0 heterocycles. The number of para-hydroxylation sites is 1. The van der Waals surface area contributed by atoms with E-state index in [1.807, 2.05) is 26.0 Å². The maximum atomic E-state index is 12.6. The molecule has 0 aromatic heterocycles. The fourth-order valence-electron chi connectivity index (χ4n) is 3.13. The zero-order valence-electron chi connectivity index (χ0n) is 16.4. The van der Waals surface area contributed by atoms with Crippen LogP contribution in [0.5, 0.6) is 5.75 Å². The maximum absolute atomic E-state index is 12.6. The highest BCUT2D eigenvalue weighted by Gasteiger charge is 2.16. The molecule has 0 spiro atoms. The average molecular weight is 418 g/mol. The predicted octanol–water partition coefficient (Wildman–Crippen LogP) is 6.33. The van der Waals surface area contributed by atoms with E-state index >= 15 is 0 Å². The number of amides is 1. The van der Waals surface area contributed by atoms with E-state index in [1.54, 1.807) is 0 Å². The summed E-state index contributed by atoms with van der Waals surface area (Å²) in [6.45, 7) is 12.5. The average Bonchev–Trinajstić information content (AvgIpc) is 2.53. The van der Waals surface area contributed by atoms with E-state index < -0.39 is 0 Å². The number of nitrogens with one attached hydrogen (secondary N) is 1. The molecule has 3 nitrogen and oxygen atoms in total. The Balaban J connectivity index is 2.18. The van der Waals surface area contributed by atoms with E-state index in [9.17, 15) is 4.79 Å². The van der Waals surface area contributed by atoms with Crippen LogP contribution in [0.2, 0.25) is 0 Å². The minimum atomic E-state index is -0.137. The van der Waals surface area contributed by atoms with Crippen LogP contribution in [0, 0.1) is 13.8 Å². The van der Waals surface area contributed by atoms with Gasteiger partial charge in [0.15, 0.2) is 6.61 Å². The standard InChI is InChI=1S/C22H28BrNO2/c1-13(2)18-8-7-9-19(14(3)4)21(18)24-20(25)12-26-22-15(5)10-17(23)11-16(22)6/h7-11,13-14H,12H2,1-6H3,(H,24,25). The van der Waals surface area contributed by atoms with Crippen LogP contribution in [0.15, 0.2) is 34.8 Å². The monoisotopic (exact) mass is 417 g/mol. The van der Waals surface area contributed by atoms with Gasteiger partial charge in [-0.1, -0.05) is 61.8 Å². The van der Waals surface area contributed by atoms with Gasteiger partial charge in [-0.05, 0) is 60.1 Å². The van der Waals surface area contributed by atoms with Gasteiger partial charge in [-0.2, -0.15) is 0 Å². The lowest BCUT2D eigenvalue weighted by Crippen LogP contribution is -2.22. The second kappa shape index (κ2) is 8.72. The van der Waals surface area contributed by atoms with Gasteiger partial charge in [0.1, 0.15) is 5.75 Å². The number of carbonyl (C=O) groups is 1.